The molecule has 106 valence electrons. The Labute approximate surface area is 117 Å². The zero-order valence-electron chi connectivity index (χ0n) is 11.6. The highest BCUT2D eigenvalue weighted by Gasteiger charge is 2.24. The van der Waals surface area contributed by atoms with E-state index in [0.29, 0.717) is 24.3 Å². The van der Waals surface area contributed by atoms with E-state index in [9.17, 15) is 0 Å². The Balaban J connectivity index is 1.78. The van der Waals surface area contributed by atoms with E-state index < -0.39 is 0 Å². The van der Waals surface area contributed by atoms with E-state index >= 15 is 0 Å². The lowest BCUT2D eigenvalue weighted by Gasteiger charge is -2.16. The Morgan fingerprint density at radius 1 is 1.53 bits per heavy atom. The first-order valence-corrected chi connectivity index (χ1v) is 7.79. The van der Waals surface area contributed by atoms with Crippen LogP contribution in [0.15, 0.2) is 9.52 Å². The van der Waals surface area contributed by atoms with E-state index in [4.69, 9.17) is 4.52 Å². The molecule has 2 unspecified atom stereocenters. The Bertz CT molecular complexity index is 434. The van der Waals surface area contributed by atoms with Crippen molar-refractivity contribution in [1.29, 1.82) is 0 Å². The van der Waals surface area contributed by atoms with Crippen LogP contribution in [-0.2, 0) is 6.54 Å². The van der Waals surface area contributed by atoms with Crippen LogP contribution in [0.1, 0.15) is 31.0 Å². The number of hydrogen-bond donors (Lipinski definition) is 2. The molecule has 1 aliphatic carbocycles. The Morgan fingerprint density at radius 2 is 2.37 bits per heavy atom. The number of hydrogen-bond acceptors (Lipinski definition) is 5. The maximum atomic E-state index is 4.93. The number of thioether (sulfide) groups is 1. The fourth-order valence-corrected chi connectivity index (χ4v) is 3.05. The molecule has 0 bridgehead atoms. The van der Waals surface area contributed by atoms with E-state index in [-0.39, 0.29) is 0 Å². The molecule has 1 aromatic heterocycles. The minimum absolute atomic E-state index is 0.510. The second-order valence-corrected chi connectivity index (χ2v) is 5.81. The third kappa shape index (κ3) is 4.12. The van der Waals surface area contributed by atoms with Crippen molar-refractivity contribution in [2.24, 2.45) is 4.99 Å². The lowest BCUT2D eigenvalue weighted by Crippen LogP contribution is -2.42. The van der Waals surface area contributed by atoms with Gasteiger partial charge in [0.25, 0.3) is 0 Å². The molecule has 0 spiro atoms. The van der Waals surface area contributed by atoms with Gasteiger partial charge in [-0.2, -0.15) is 16.7 Å². The molecule has 0 saturated heterocycles. The number of aliphatic imine (C=N–C) groups is 1. The zero-order chi connectivity index (χ0) is 13.7. The minimum Gasteiger partial charge on any atom is -0.354 e. The lowest BCUT2D eigenvalue weighted by atomic mass is 10.2. The summed E-state index contributed by atoms with van der Waals surface area (Å²) in [5, 5.41) is 11.3. The van der Waals surface area contributed by atoms with Gasteiger partial charge in [-0.15, -0.1) is 0 Å². The number of nitrogens with zero attached hydrogens (tertiary/aromatic N) is 3. The number of aromatic nitrogens is 2. The molecule has 1 fully saturated rings. The van der Waals surface area contributed by atoms with Gasteiger partial charge in [0.15, 0.2) is 11.8 Å². The van der Waals surface area contributed by atoms with Crippen molar-refractivity contribution in [1.82, 2.24) is 20.8 Å². The number of rotatable bonds is 4. The molecule has 1 aromatic rings. The van der Waals surface area contributed by atoms with Crippen molar-refractivity contribution in [2.45, 2.75) is 44.0 Å². The summed E-state index contributed by atoms with van der Waals surface area (Å²) >= 11 is 1.95. The molecular weight excluding hydrogens is 262 g/mol. The van der Waals surface area contributed by atoms with E-state index in [0.717, 1.165) is 11.2 Å². The fourth-order valence-electron chi connectivity index (χ4n) is 2.25. The van der Waals surface area contributed by atoms with Crippen LogP contribution in [0.5, 0.6) is 0 Å². The van der Waals surface area contributed by atoms with Crippen LogP contribution < -0.4 is 10.6 Å². The molecule has 0 amide bonds. The maximum absolute atomic E-state index is 4.93. The van der Waals surface area contributed by atoms with Crippen molar-refractivity contribution < 1.29 is 4.52 Å². The van der Waals surface area contributed by atoms with Crippen molar-refractivity contribution in [2.75, 3.05) is 13.3 Å². The molecule has 2 atom stereocenters. The van der Waals surface area contributed by atoms with Gasteiger partial charge in [-0.25, -0.2) is 0 Å². The first-order chi connectivity index (χ1) is 9.21. The molecule has 0 aliphatic heterocycles. The van der Waals surface area contributed by atoms with Crippen LogP contribution in [-0.4, -0.2) is 40.7 Å². The third-order valence-electron chi connectivity index (χ3n) is 3.27. The first kappa shape index (κ1) is 14.2. The maximum Gasteiger partial charge on any atom is 0.223 e. The van der Waals surface area contributed by atoms with Crippen LogP contribution in [0.25, 0.3) is 0 Å². The highest BCUT2D eigenvalue weighted by Crippen LogP contribution is 2.27. The van der Waals surface area contributed by atoms with Crippen LogP contribution in [0.2, 0.25) is 0 Å². The van der Waals surface area contributed by atoms with Crippen molar-refractivity contribution in [3.8, 4) is 0 Å². The molecule has 2 N–H and O–H groups in total. The normalized spacial score (nSPS) is 23.6. The summed E-state index contributed by atoms with van der Waals surface area (Å²) in [6.07, 6.45) is 5.86. The van der Waals surface area contributed by atoms with Crippen molar-refractivity contribution in [3.05, 3.63) is 11.7 Å². The van der Waals surface area contributed by atoms with Crippen LogP contribution in [0, 0.1) is 6.92 Å². The molecule has 19 heavy (non-hydrogen) atoms. The summed E-state index contributed by atoms with van der Waals surface area (Å²) in [4.78, 5) is 8.37. The van der Waals surface area contributed by atoms with Crippen molar-refractivity contribution >= 4 is 17.7 Å². The second-order valence-electron chi connectivity index (χ2n) is 4.67. The second kappa shape index (κ2) is 6.79. The highest BCUT2D eigenvalue weighted by molar-refractivity contribution is 7.99. The predicted molar refractivity (Wildman–Crippen MR) is 77.3 cm³/mol. The summed E-state index contributed by atoms with van der Waals surface area (Å²) in [7, 11) is 1.78. The van der Waals surface area contributed by atoms with Gasteiger partial charge >= 0.3 is 0 Å². The fraction of sp³-hybridized carbons (Fsp3) is 0.750. The smallest absolute Gasteiger partial charge is 0.223 e. The van der Waals surface area contributed by atoms with Crippen molar-refractivity contribution in [3.63, 3.8) is 0 Å². The first-order valence-electron chi connectivity index (χ1n) is 6.50. The van der Waals surface area contributed by atoms with Gasteiger partial charge in [0.05, 0.1) is 6.54 Å². The summed E-state index contributed by atoms with van der Waals surface area (Å²) in [6.45, 7) is 2.31. The third-order valence-corrected chi connectivity index (χ3v) is 4.36. The summed E-state index contributed by atoms with van der Waals surface area (Å²) in [6, 6.07) is 0.510. The predicted octanol–water partition coefficient (Wildman–Crippen LogP) is 1.33. The summed E-state index contributed by atoms with van der Waals surface area (Å²) in [5.74, 6) is 2.03. The van der Waals surface area contributed by atoms with Crippen LogP contribution >= 0.6 is 11.8 Å². The molecule has 7 heteroatoms. The SMILES string of the molecule is CN=C(NCc1noc(C)n1)NC1CCC(SC)C1. The summed E-state index contributed by atoms with van der Waals surface area (Å²) in [5.41, 5.74) is 0. The average Bonchev–Trinajstić information content (AvgIpc) is 3.03. The molecule has 6 nitrogen and oxygen atoms in total. The van der Waals surface area contributed by atoms with Gasteiger partial charge in [-0.3, -0.25) is 4.99 Å². The van der Waals surface area contributed by atoms with E-state index in [1.165, 1.54) is 19.3 Å². The Kier molecular flexibility index (Phi) is 5.07. The zero-order valence-corrected chi connectivity index (χ0v) is 12.5. The number of nitrogens with one attached hydrogen (secondary N) is 2. The van der Waals surface area contributed by atoms with E-state index in [1.807, 2.05) is 11.8 Å². The average molecular weight is 283 g/mol. The van der Waals surface area contributed by atoms with E-state index in [1.54, 1.807) is 14.0 Å². The monoisotopic (exact) mass is 283 g/mol. The van der Waals surface area contributed by atoms with Gasteiger partial charge in [0.1, 0.15) is 0 Å². The number of guanidine groups is 1. The summed E-state index contributed by atoms with van der Waals surface area (Å²) < 4.78 is 4.93. The van der Waals surface area contributed by atoms with Crippen LogP contribution in [0.3, 0.4) is 0 Å². The van der Waals surface area contributed by atoms with Gasteiger partial charge in [-0.05, 0) is 25.5 Å². The topological polar surface area (TPSA) is 75.3 Å². The van der Waals surface area contributed by atoms with Gasteiger partial charge < -0.3 is 15.2 Å². The lowest BCUT2D eigenvalue weighted by molar-refractivity contribution is 0.386. The van der Waals surface area contributed by atoms with Gasteiger partial charge in [-0.1, -0.05) is 5.16 Å². The van der Waals surface area contributed by atoms with E-state index in [2.05, 4.69) is 32.0 Å². The van der Waals surface area contributed by atoms with Gasteiger partial charge in [0, 0.05) is 25.3 Å². The number of aryl methyl sites for hydroxylation is 1. The molecule has 0 aromatic carbocycles. The highest BCUT2D eigenvalue weighted by atomic mass is 32.2. The standard InChI is InChI=1S/C12H21N5OS/c1-8-15-11(17-18-8)7-14-12(13-2)16-9-4-5-10(6-9)19-3/h9-10H,4-7H2,1-3H3,(H2,13,14,16). The Morgan fingerprint density at radius 3 is 2.95 bits per heavy atom. The molecule has 2 rings (SSSR count). The van der Waals surface area contributed by atoms with Crippen LogP contribution in [0.4, 0.5) is 0 Å². The Hall–Kier alpha value is -1.24. The quantitative estimate of drug-likeness (QED) is 0.641. The minimum atomic E-state index is 0.510. The molecule has 1 saturated carbocycles. The molecule has 1 heterocycles. The molecular formula is C12H21N5OS. The van der Waals surface area contributed by atoms with Gasteiger partial charge in [0.2, 0.25) is 5.89 Å². The molecule has 0 radical (unpaired) electrons. The largest absolute Gasteiger partial charge is 0.354 e. The molecule has 1 aliphatic rings.